The van der Waals surface area contributed by atoms with Crippen molar-refractivity contribution in [2.45, 2.75) is 83.8 Å². The maximum atomic E-state index is 15.0. The number of halogens is 1. The van der Waals surface area contributed by atoms with Crippen LogP contribution >= 0.6 is 15.9 Å². The van der Waals surface area contributed by atoms with Crippen LogP contribution in [0.3, 0.4) is 0 Å². The Balaban J connectivity index is 1.55. The Morgan fingerprint density at radius 1 is 1.06 bits per heavy atom. The maximum Gasteiger partial charge on any atom is 0.264 e. The summed E-state index contributed by atoms with van der Waals surface area (Å²) in [4.78, 5) is 32.9. The highest BCUT2D eigenvalue weighted by Gasteiger charge is 2.66. The number of benzene rings is 3. The van der Waals surface area contributed by atoms with Gasteiger partial charge in [0.15, 0.2) is 5.60 Å². The van der Waals surface area contributed by atoms with Crippen LogP contribution < -0.4 is 14.8 Å². The van der Waals surface area contributed by atoms with E-state index in [0.717, 1.165) is 39.9 Å². The van der Waals surface area contributed by atoms with E-state index in [0.29, 0.717) is 13.1 Å². The van der Waals surface area contributed by atoms with Gasteiger partial charge in [-0.25, -0.2) is 0 Å². The molecule has 9 heteroatoms. The van der Waals surface area contributed by atoms with Gasteiger partial charge in [-0.3, -0.25) is 9.59 Å². The van der Waals surface area contributed by atoms with Gasteiger partial charge < -0.3 is 24.4 Å². The Hall–Kier alpha value is -3.50. The zero-order valence-corrected chi connectivity index (χ0v) is 33.7. The first-order chi connectivity index (χ1) is 24.3. The van der Waals surface area contributed by atoms with Gasteiger partial charge in [-0.2, -0.15) is 0 Å². The first kappa shape index (κ1) is 38.7. The summed E-state index contributed by atoms with van der Waals surface area (Å²) in [6.07, 6.45) is 5.88. The molecule has 2 aliphatic rings. The van der Waals surface area contributed by atoms with Crippen LogP contribution in [0.15, 0.2) is 101 Å². The number of hydrogen-bond acceptors (Lipinski definition) is 5. The van der Waals surface area contributed by atoms with E-state index < -0.39 is 19.8 Å². The Labute approximate surface area is 313 Å². The molecule has 0 aliphatic carbocycles. The van der Waals surface area contributed by atoms with E-state index >= 15 is 4.79 Å². The first-order valence-corrected chi connectivity index (χ1v) is 21.9. The highest BCUT2D eigenvalue weighted by molar-refractivity contribution is 9.10. The van der Waals surface area contributed by atoms with E-state index in [-0.39, 0.29) is 42.8 Å². The number of ether oxygens (including phenoxy) is 2. The standard InChI is InChI=1S/C42H53BrN2O5Si/c1-29(2)12-11-13-30(3)22-23-45-37-21-16-33(43)26-36(37)42(41(45)48)31(4)40(51(6,7)35-19-17-34(49-5)18-20-35)38(50-42)27-39(47)44(24-25-46)28-32-14-9-8-10-15-32/h8-10,12,14-22,26,31,38,40,46H,11,13,23-25,27-28H2,1-7H3/b30-22+/t31-,38+,40-,42+/m0/s1. The average molecular weight is 774 g/mol. The summed E-state index contributed by atoms with van der Waals surface area (Å²) in [6, 6.07) is 24.1. The molecule has 0 aromatic heterocycles. The molecule has 0 unspecified atom stereocenters. The van der Waals surface area contributed by atoms with Crippen LogP contribution in [0.25, 0.3) is 0 Å². The van der Waals surface area contributed by atoms with Gasteiger partial charge in [-0.15, -0.1) is 0 Å². The van der Waals surface area contributed by atoms with Gasteiger partial charge in [0, 0.05) is 35.6 Å². The van der Waals surface area contributed by atoms with E-state index in [1.54, 1.807) is 12.0 Å². The van der Waals surface area contributed by atoms with Gasteiger partial charge in [0.1, 0.15) is 5.75 Å². The molecule has 1 fully saturated rings. The summed E-state index contributed by atoms with van der Waals surface area (Å²) in [7, 11) is -0.781. The summed E-state index contributed by atoms with van der Waals surface area (Å²) in [5, 5.41) is 11.2. The minimum atomic E-state index is -2.44. The minimum Gasteiger partial charge on any atom is -0.497 e. The SMILES string of the molecule is COc1ccc([Si](C)(C)[C@@H]2[C@@H](CC(=O)N(CCO)Cc3ccccc3)O[C@]3(C(=O)N(C/C=C(\C)CCC=C(C)C)c4ccc(Br)cc43)[C@H]2C)cc1. The largest absolute Gasteiger partial charge is 0.497 e. The maximum absolute atomic E-state index is 15.0. The fourth-order valence-corrected chi connectivity index (χ4v) is 12.5. The van der Waals surface area contributed by atoms with Crippen molar-refractivity contribution in [3.05, 3.63) is 112 Å². The van der Waals surface area contributed by atoms with Crippen molar-refractivity contribution in [2.75, 3.05) is 31.7 Å². The molecule has 2 heterocycles. The number of nitrogens with zero attached hydrogens (tertiary/aromatic N) is 2. The second kappa shape index (κ2) is 16.4. The van der Waals surface area contributed by atoms with Crippen LogP contribution in [0.4, 0.5) is 5.69 Å². The van der Waals surface area contributed by atoms with Gasteiger partial charge in [0.25, 0.3) is 5.91 Å². The molecule has 0 radical (unpaired) electrons. The van der Waals surface area contributed by atoms with Gasteiger partial charge >= 0.3 is 0 Å². The molecule has 3 aromatic carbocycles. The lowest BCUT2D eigenvalue weighted by Crippen LogP contribution is -2.52. The Kier molecular flexibility index (Phi) is 12.5. The molecule has 4 atom stereocenters. The van der Waals surface area contributed by atoms with Crippen molar-refractivity contribution in [1.82, 2.24) is 4.90 Å². The molecule has 2 amide bonds. The number of allylic oxidation sites excluding steroid dienone is 3. The highest BCUT2D eigenvalue weighted by atomic mass is 79.9. The fraction of sp³-hybridized carbons (Fsp3) is 0.429. The molecule has 51 heavy (non-hydrogen) atoms. The Morgan fingerprint density at radius 2 is 1.76 bits per heavy atom. The zero-order chi connectivity index (χ0) is 36.9. The predicted octanol–water partition coefficient (Wildman–Crippen LogP) is 8.12. The molecule has 1 spiro atoms. The van der Waals surface area contributed by atoms with Crippen molar-refractivity contribution in [3.8, 4) is 5.75 Å². The molecular weight excluding hydrogens is 720 g/mol. The molecule has 0 bridgehead atoms. The van der Waals surface area contributed by atoms with Gasteiger partial charge in [0.05, 0.1) is 40.0 Å². The van der Waals surface area contributed by atoms with E-state index in [1.165, 1.54) is 16.3 Å². The number of methoxy groups -OCH3 is 1. The predicted molar refractivity (Wildman–Crippen MR) is 212 cm³/mol. The van der Waals surface area contributed by atoms with E-state index in [9.17, 15) is 9.90 Å². The number of fused-ring (bicyclic) bond motifs is 2. The van der Waals surface area contributed by atoms with Crippen molar-refractivity contribution in [1.29, 1.82) is 0 Å². The lowest BCUT2D eigenvalue weighted by molar-refractivity contribution is -0.149. The number of anilines is 1. The third kappa shape index (κ3) is 8.12. The number of hydrogen-bond donors (Lipinski definition) is 1. The van der Waals surface area contributed by atoms with Crippen LogP contribution in [0.5, 0.6) is 5.75 Å². The minimum absolute atomic E-state index is 0.0765. The molecule has 3 aromatic rings. The quantitative estimate of drug-likeness (QED) is 0.132. The number of amides is 2. The smallest absolute Gasteiger partial charge is 0.264 e. The number of rotatable bonds is 14. The van der Waals surface area contributed by atoms with E-state index in [4.69, 9.17) is 9.47 Å². The van der Waals surface area contributed by atoms with Crippen LogP contribution in [-0.2, 0) is 26.5 Å². The van der Waals surface area contributed by atoms with Crippen LogP contribution in [0.2, 0.25) is 18.6 Å². The third-order valence-corrected chi connectivity index (χ3v) is 15.7. The summed E-state index contributed by atoms with van der Waals surface area (Å²) >= 11 is 3.70. The lowest BCUT2D eigenvalue weighted by atomic mass is 9.82. The number of aliphatic hydroxyl groups excluding tert-OH is 1. The second-order valence-corrected chi connectivity index (χ2v) is 20.4. The topological polar surface area (TPSA) is 79.3 Å². The first-order valence-electron chi connectivity index (χ1n) is 18.0. The Bertz CT molecular complexity index is 1750. The van der Waals surface area contributed by atoms with Crippen molar-refractivity contribution < 1.29 is 24.2 Å². The average Bonchev–Trinajstić information content (AvgIpc) is 3.53. The van der Waals surface area contributed by atoms with E-state index in [1.807, 2.05) is 65.6 Å². The highest BCUT2D eigenvalue weighted by Crippen LogP contribution is 2.60. The molecule has 2 aliphatic heterocycles. The monoisotopic (exact) mass is 772 g/mol. The van der Waals surface area contributed by atoms with Crippen molar-refractivity contribution in [3.63, 3.8) is 0 Å². The number of carbonyl (C=O) groups excluding carboxylic acids is 2. The third-order valence-electron chi connectivity index (χ3n) is 10.8. The fourth-order valence-electron chi connectivity index (χ4n) is 8.12. The van der Waals surface area contributed by atoms with Gasteiger partial charge in [-0.05, 0) is 75.0 Å². The molecule has 1 saturated heterocycles. The molecular formula is C42H53BrN2O5Si. The number of aliphatic hydroxyl groups is 1. The van der Waals surface area contributed by atoms with Gasteiger partial charge in [0.2, 0.25) is 5.91 Å². The van der Waals surface area contributed by atoms with Gasteiger partial charge in [-0.1, -0.05) is 107 Å². The molecule has 0 saturated carbocycles. The molecule has 1 N–H and O–H groups in total. The summed E-state index contributed by atoms with van der Waals surface area (Å²) in [6.45, 7) is 14.0. The van der Waals surface area contributed by atoms with Crippen molar-refractivity contribution >= 4 is 46.7 Å². The molecule has 272 valence electrons. The Morgan fingerprint density at radius 3 is 2.41 bits per heavy atom. The van der Waals surface area contributed by atoms with Crippen LogP contribution in [0.1, 0.15) is 58.1 Å². The second-order valence-electron chi connectivity index (χ2n) is 14.8. The van der Waals surface area contributed by atoms with Crippen LogP contribution in [-0.4, -0.2) is 62.8 Å². The summed E-state index contributed by atoms with van der Waals surface area (Å²) in [5.74, 6) is 0.381. The zero-order valence-electron chi connectivity index (χ0n) is 31.1. The van der Waals surface area contributed by atoms with Crippen LogP contribution in [0, 0.1) is 5.92 Å². The molecule has 5 rings (SSSR count). The lowest BCUT2D eigenvalue weighted by Gasteiger charge is -2.37. The summed E-state index contributed by atoms with van der Waals surface area (Å²) < 4.78 is 13.6. The number of carbonyl (C=O) groups is 2. The van der Waals surface area contributed by atoms with Crippen molar-refractivity contribution in [2.24, 2.45) is 5.92 Å². The normalized spacial score (nSPS) is 21.6. The summed E-state index contributed by atoms with van der Waals surface area (Å²) in [5.41, 5.74) is 3.89. The van der Waals surface area contributed by atoms with E-state index in [2.05, 4.69) is 81.0 Å². The molecule has 7 nitrogen and oxygen atoms in total.